The maximum Gasteiger partial charge on any atom is 0.255 e. The highest BCUT2D eigenvalue weighted by molar-refractivity contribution is 6.06. The van der Waals surface area contributed by atoms with Crippen molar-refractivity contribution in [2.75, 3.05) is 5.32 Å². The van der Waals surface area contributed by atoms with Crippen LogP contribution < -0.4 is 15.8 Å². The highest BCUT2D eigenvalue weighted by Gasteiger charge is 2.09. The summed E-state index contributed by atoms with van der Waals surface area (Å²) < 4.78 is 5.57. The average Bonchev–Trinajstić information content (AvgIpc) is 2.63. The van der Waals surface area contributed by atoms with Gasteiger partial charge in [-0.15, -0.1) is 0 Å². The Morgan fingerprint density at radius 3 is 2.56 bits per heavy atom. The van der Waals surface area contributed by atoms with Crippen LogP contribution in [-0.4, -0.2) is 21.8 Å². The zero-order chi connectivity index (χ0) is 17.6. The lowest BCUT2D eigenvalue weighted by Gasteiger charge is -2.08. The summed E-state index contributed by atoms with van der Waals surface area (Å²) in [5.74, 6) is -0.0990. The van der Waals surface area contributed by atoms with E-state index in [-0.39, 0.29) is 11.5 Å². The van der Waals surface area contributed by atoms with Gasteiger partial charge in [0.25, 0.3) is 5.91 Å². The Balaban J connectivity index is 1.74. The molecule has 124 valence electrons. The monoisotopic (exact) mass is 334 g/mol. The fourth-order valence-corrected chi connectivity index (χ4v) is 2.11. The van der Waals surface area contributed by atoms with Gasteiger partial charge in [-0.3, -0.25) is 14.6 Å². The Morgan fingerprint density at radius 2 is 1.80 bits per heavy atom. The predicted molar refractivity (Wildman–Crippen MR) is 91.5 cm³/mol. The topological polar surface area (TPSA) is 107 Å². The second kappa shape index (κ2) is 7.22. The number of rotatable bonds is 5. The number of primary amides is 1. The SMILES string of the molecule is NC(=O)c1cccc(C(=O)Nc2cccc(Oc3cnccn3)c2)c1. The van der Waals surface area contributed by atoms with Gasteiger partial charge in [0, 0.05) is 35.3 Å². The van der Waals surface area contributed by atoms with E-state index in [4.69, 9.17) is 10.5 Å². The maximum absolute atomic E-state index is 12.3. The van der Waals surface area contributed by atoms with E-state index in [1.807, 2.05) is 0 Å². The van der Waals surface area contributed by atoms with Crippen molar-refractivity contribution in [3.05, 3.63) is 78.2 Å². The minimum absolute atomic E-state index is 0.271. The van der Waals surface area contributed by atoms with Crippen LogP contribution in [0.5, 0.6) is 11.6 Å². The molecule has 0 atom stereocenters. The van der Waals surface area contributed by atoms with Crippen LogP contribution >= 0.6 is 0 Å². The van der Waals surface area contributed by atoms with Gasteiger partial charge in [0.1, 0.15) is 5.75 Å². The van der Waals surface area contributed by atoms with Crippen LogP contribution in [0.25, 0.3) is 0 Å². The van der Waals surface area contributed by atoms with Crippen molar-refractivity contribution in [1.29, 1.82) is 0 Å². The third kappa shape index (κ3) is 4.17. The van der Waals surface area contributed by atoms with Crippen molar-refractivity contribution < 1.29 is 14.3 Å². The van der Waals surface area contributed by atoms with E-state index in [2.05, 4.69) is 15.3 Å². The number of hydrogen-bond donors (Lipinski definition) is 2. The molecule has 0 saturated heterocycles. The van der Waals surface area contributed by atoms with Crippen LogP contribution in [0.4, 0.5) is 5.69 Å². The number of aromatic nitrogens is 2. The van der Waals surface area contributed by atoms with Gasteiger partial charge in [0.05, 0.1) is 6.20 Å². The highest BCUT2D eigenvalue weighted by atomic mass is 16.5. The molecule has 7 nitrogen and oxygen atoms in total. The number of hydrogen-bond acceptors (Lipinski definition) is 5. The molecule has 7 heteroatoms. The summed E-state index contributed by atoms with van der Waals surface area (Å²) >= 11 is 0. The lowest BCUT2D eigenvalue weighted by Crippen LogP contribution is -2.15. The number of nitrogens with one attached hydrogen (secondary N) is 1. The van der Waals surface area contributed by atoms with E-state index < -0.39 is 5.91 Å². The number of benzene rings is 2. The van der Waals surface area contributed by atoms with Crippen molar-refractivity contribution in [2.45, 2.75) is 0 Å². The molecule has 0 aliphatic rings. The van der Waals surface area contributed by atoms with Crippen molar-refractivity contribution in [2.24, 2.45) is 5.73 Å². The summed E-state index contributed by atoms with van der Waals surface area (Å²) in [5.41, 5.74) is 6.37. The molecule has 25 heavy (non-hydrogen) atoms. The van der Waals surface area contributed by atoms with Gasteiger partial charge in [-0.2, -0.15) is 0 Å². The second-order valence-electron chi connectivity index (χ2n) is 5.07. The van der Waals surface area contributed by atoms with Crippen LogP contribution in [0.2, 0.25) is 0 Å². The summed E-state index contributed by atoms with van der Waals surface area (Å²) in [5, 5.41) is 2.74. The first-order valence-electron chi connectivity index (χ1n) is 7.37. The molecule has 0 radical (unpaired) electrons. The number of nitrogens with two attached hydrogens (primary N) is 1. The van der Waals surface area contributed by atoms with Crippen molar-refractivity contribution >= 4 is 17.5 Å². The zero-order valence-corrected chi connectivity index (χ0v) is 13.0. The molecule has 0 spiro atoms. The largest absolute Gasteiger partial charge is 0.437 e. The molecule has 2 aromatic carbocycles. The third-order valence-corrected chi connectivity index (χ3v) is 3.26. The van der Waals surface area contributed by atoms with Crippen LogP contribution in [-0.2, 0) is 0 Å². The van der Waals surface area contributed by atoms with E-state index in [1.165, 1.54) is 18.5 Å². The molecule has 0 saturated carbocycles. The van der Waals surface area contributed by atoms with E-state index >= 15 is 0 Å². The van der Waals surface area contributed by atoms with Gasteiger partial charge in [-0.05, 0) is 30.3 Å². The highest BCUT2D eigenvalue weighted by Crippen LogP contribution is 2.22. The van der Waals surface area contributed by atoms with Crippen LogP contribution in [0.3, 0.4) is 0 Å². The first kappa shape index (κ1) is 16.1. The van der Waals surface area contributed by atoms with E-state index in [0.29, 0.717) is 22.9 Å². The van der Waals surface area contributed by atoms with Crippen molar-refractivity contribution in [3.63, 3.8) is 0 Å². The molecule has 1 aromatic heterocycles. The van der Waals surface area contributed by atoms with Gasteiger partial charge < -0.3 is 15.8 Å². The lowest BCUT2D eigenvalue weighted by atomic mass is 10.1. The fourth-order valence-electron chi connectivity index (χ4n) is 2.11. The number of carbonyl (C=O) groups excluding carboxylic acids is 2. The molecular weight excluding hydrogens is 320 g/mol. The molecule has 3 rings (SSSR count). The van der Waals surface area contributed by atoms with Crippen molar-refractivity contribution in [1.82, 2.24) is 9.97 Å². The summed E-state index contributed by atoms with van der Waals surface area (Å²) in [7, 11) is 0. The van der Waals surface area contributed by atoms with E-state index in [1.54, 1.807) is 48.7 Å². The first-order chi connectivity index (χ1) is 12.1. The number of carbonyl (C=O) groups is 2. The second-order valence-corrected chi connectivity index (χ2v) is 5.07. The molecular formula is C18H14N4O3. The molecule has 0 unspecified atom stereocenters. The summed E-state index contributed by atoms with van der Waals surface area (Å²) in [6.45, 7) is 0. The lowest BCUT2D eigenvalue weighted by molar-refractivity contribution is 0.1000. The standard InChI is InChI=1S/C18H14N4O3/c19-17(23)12-3-1-4-13(9-12)18(24)22-14-5-2-6-15(10-14)25-16-11-20-7-8-21-16/h1-11H,(H2,19,23)(H,22,24). The molecule has 0 aliphatic heterocycles. The van der Waals surface area contributed by atoms with Gasteiger partial charge in [0.15, 0.2) is 0 Å². The Hall–Kier alpha value is -3.74. The number of amides is 2. The summed E-state index contributed by atoms with van der Waals surface area (Å²) in [6, 6.07) is 13.0. The molecule has 0 fully saturated rings. The average molecular weight is 334 g/mol. The Morgan fingerprint density at radius 1 is 1.00 bits per heavy atom. The number of nitrogens with zero attached hydrogens (tertiary/aromatic N) is 2. The predicted octanol–water partition coefficient (Wildman–Crippen LogP) is 2.62. The van der Waals surface area contributed by atoms with E-state index in [9.17, 15) is 9.59 Å². The van der Waals surface area contributed by atoms with E-state index in [0.717, 1.165) is 0 Å². The fraction of sp³-hybridized carbons (Fsp3) is 0. The smallest absolute Gasteiger partial charge is 0.255 e. The number of anilines is 1. The molecule has 0 aliphatic carbocycles. The molecule has 3 N–H and O–H groups in total. The quantitative estimate of drug-likeness (QED) is 0.746. The van der Waals surface area contributed by atoms with Gasteiger partial charge in [-0.1, -0.05) is 12.1 Å². The molecule has 2 amide bonds. The number of ether oxygens (including phenoxy) is 1. The molecule has 3 aromatic rings. The molecule has 1 heterocycles. The van der Waals surface area contributed by atoms with Crippen LogP contribution in [0, 0.1) is 0 Å². The summed E-state index contributed by atoms with van der Waals surface area (Å²) in [4.78, 5) is 31.5. The third-order valence-electron chi connectivity index (χ3n) is 3.26. The molecule has 0 bridgehead atoms. The Kier molecular flexibility index (Phi) is 4.66. The normalized spacial score (nSPS) is 10.1. The van der Waals surface area contributed by atoms with Gasteiger partial charge in [-0.25, -0.2) is 4.98 Å². The summed E-state index contributed by atoms with van der Waals surface area (Å²) in [6.07, 6.45) is 4.55. The Labute approximate surface area is 143 Å². The van der Waals surface area contributed by atoms with Gasteiger partial charge in [0.2, 0.25) is 11.8 Å². The van der Waals surface area contributed by atoms with Crippen molar-refractivity contribution in [3.8, 4) is 11.6 Å². The zero-order valence-electron chi connectivity index (χ0n) is 13.0. The minimum Gasteiger partial charge on any atom is -0.437 e. The maximum atomic E-state index is 12.3. The minimum atomic E-state index is -0.589. The van der Waals surface area contributed by atoms with Crippen LogP contribution in [0.1, 0.15) is 20.7 Å². The van der Waals surface area contributed by atoms with Gasteiger partial charge >= 0.3 is 0 Å². The Bertz CT molecular complexity index is 913. The first-order valence-corrected chi connectivity index (χ1v) is 7.37. The van der Waals surface area contributed by atoms with Crippen LogP contribution in [0.15, 0.2) is 67.1 Å².